The van der Waals surface area contributed by atoms with Crippen molar-refractivity contribution in [2.45, 2.75) is 27.2 Å². The molecule has 2 heterocycles. The Bertz CT molecular complexity index is 999. The van der Waals surface area contributed by atoms with Crippen LogP contribution in [0.15, 0.2) is 35.1 Å². The lowest BCUT2D eigenvalue weighted by molar-refractivity contribution is -0.384. The fourth-order valence-corrected chi connectivity index (χ4v) is 2.72. The van der Waals surface area contributed by atoms with Crippen LogP contribution in [0, 0.1) is 30.9 Å². The summed E-state index contributed by atoms with van der Waals surface area (Å²) in [4.78, 5) is 31.8. The second-order valence-corrected chi connectivity index (χ2v) is 5.91. The van der Waals surface area contributed by atoms with E-state index in [0.717, 1.165) is 11.4 Å². The van der Waals surface area contributed by atoms with E-state index < -0.39 is 4.92 Å². The van der Waals surface area contributed by atoms with Crippen molar-refractivity contribution in [3.8, 4) is 5.95 Å². The third kappa shape index (κ3) is 3.32. The Kier molecular flexibility index (Phi) is 4.18. The molecule has 0 amide bonds. The molecular weight excluding hydrogens is 322 g/mol. The number of aromatic nitrogens is 4. The van der Waals surface area contributed by atoms with E-state index >= 15 is 0 Å². The SMILES string of the molecule is Cc1cc(C)nc(-n2[nH]c(C)c(Cc3cccc([N+](=O)[O-])c3)c2=O)n1. The van der Waals surface area contributed by atoms with Gasteiger partial charge in [-0.05, 0) is 32.4 Å². The van der Waals surface area contributed by atoms with Gasteiger partial charge in [-0.2, -0.15) is 4.68 Å². The number of nitrogens with one attached hydrogen (secondary N) is 1. The van der Waals surface area contributed by atoms with Crippen LogP contribution in [0.5, 0.6) is 0 Å². The predicted octanol–water partition coefficient (Wildman–Crippen LogP) is 2.38. The van der Waals surface area contributed by atoms with Crippen LogP contribution in [0.4, 0.5) is 5.69 Å². The van der Waals surface area contributed by atoms with E-state index in [1.807, 2.05) is 19.9 Å². The Morgan fingerprint density at radius 3 is 2.48 bits per heavy atom. The summed E-state index contributed by atoms with van der Waals surface area (Å²) in [6, 6.07) is 8.10. The van der Waals surface area contributed by atoms with Crippen molar-refractivity contribution in [2.75, 3.05) is 0 Å². The molecule has 3 aromatic rings. The van der Waals surface area contributed by atoms with Crippen LogP contribution in [-0.4, -0.2) is 24.7 Å². The minimum Gasteiger partial charge on any atom is -0.292 e. The summed E-state index contributed by atoms with van der Waals surface area (Å²) in [5.74, 6) is 0.288. The molecule has 8 nitrogen and oxygen atoms in total. The molecule has 0 aliphatic heterocycles. The summed E-state index contributed by atoms with van der Waals surface area (Å²) in [5.41, 5.74) is 3.19. The maximum absolute atomic E-state index is 12.8. The van der Waals surface area contributed by atoms with Gasteiger partial charge in [0.2, 0.25) is 0 Å². The molecule has 2 aromatic heterocycles. The van der Waals surface area contributed by atoms with E-state index in [1.54, 1.807) is 19.1 Å². The molecular formula is C17H17N5O3. The number of nitro benzene ring substituents is 1. The average Bonchev–Trinajstić information content (AvgIpc) is 2.82. The molecule has 0 aliphatic rings. The lowest BCUT2D eigenvalue weighted by Gasteiger charge is -2.02. The van der Waals surface area contributed by atoms with Crippen LogP contribution < -0.4 is 5.56 Å². The zero-order valence-electron chi connectivity index (χ0n) is 14.1. The summed E-state index contributed by atoms with van der Waals surface area (Å²) in [6.45, 7) is 5.46. The smallest absolute Gasteiger partial charge is 0.277 e. The molecule has 8 heteroatoms. The number of hydrogen-bond donors (Lipinski definition) is 1. The second kappa shape index (κ2) is 6.31. The normalized spacial score (nSPS) is 10.8. The maximum atomic E-state index is 12.8. The van der Waals surface area contributed by atoms with Gasteiger partial charge in [-0.25, -0.2) is 9.97 Å². The van der Waals surface area contributed by atoms with Gasteiger partial charge in [0.25, 0.3) is 17.2 Å². The Morgan fingerprint density at radius 2 is 1.84 bits per heavy atom. The van der Waals surface area contributed by atoms with Crippen LogP contribution in [0.25, 0.3) is 5.95 Å². The third-order valence-corrected chi connectivity index (χ3v) is 3.87. The van der Waals surface area contributed by atoms with Crippen LogP contribution in [0.3, 0.4) is 0 Å². The van der Waals surface area contributed by atoms with Gasteiger partial charge < -0.3 is 0 Å². The average molecular weight is 339 g/mol. The summed E-state index contributed by atoms with van der Waals surface area (Å²) < 4.78 is 1.31. The van der Waals surface area contributed by atoms with Gasteiger partial charge in [0, 0.05) is 41.2 Å². The Balaban J connectivity index is 2.02. The van der Waals surface area contributed by atoms with Crippen LogP contribution in [0.2, 0.25) is 0 Å². The number of H-pyrrole nitrogens is 1. The Morgan fingerprint density at radius 1 is 1.16 bits per heavy atom. The first-order valence-corrected chi connectivity index (χ1v) is 7.71. The second-order valence-electron chi connectivity index (χ2n) is 5.91. The molecule has 1 aromatic carbocycles. The van der Waals surface area contributed by atoms with Gasteiger partial charge in [0.15, 0.2) is 0 Å². The summed E-state index contributed by atoms with van der Waals surface area (Å²) >= 11 is 0. The van der Waals surface area contributed by atoms with Crippen molar-refractivity contribution < 1.29 is 4.92 Å². The van der Waals surface area contributed by atoms with Crippen LogP contribution in [0.1, 0.15) is 28.2 Å². The van der Waals surface area contributed by atoms with E-state index in [0.29, 0.717) is 23.2 Å². The number of aryl methyl sites for hydroxylation is 3. The van der Waals surface area contributed by atoms with E-state index in [4.69, 9.17) is 0 Å². The lowest BCUT2D eigenvalue weighted by Crippen LogP contribution is -2.20. The number of rotatable bonds is 4. The molecule has 0 unspecified atom stereocenters. The molecule has 1 N–H and O–H groups in total. The van der Waals surface area contributed by atoms with Crippen molar-refractivity contribution >= 4 is 5.69 Å². The highest BCUT2D eigenvalue weighted by molar-refractivity contribution is 5.37. The van der Waals surface area contributed by atoms with Crippen LogP contribution >= 0.6 is 0 Å². The van der Waals surface area contributed by atoms with Gasteiger partial charge >= 0.3 is 0 Å². The monoisotopic (exact) mass is 339 g/mol. The quantitative estimate of drug-likeness (QED) is 0.580. The highest BCUT2D eigenvalue weighted by atomic mass is 16.6. The van der Waals surface area contributed by atoms with Gasteiger partial charge in [-0.15, -0.1) is 0 Å². The maximum Gasteiger partial charge on any atom is 0.277 e. The molecule has 25 heavy (non-hydrogen) atoms. The molecule has 0 fully saturated rings. The first-order chi connectivity index (χ1) is 11.8. The molecule has 0 saturated carbocycles. The van der Waals surface area contributed by atoms with Gasteiger partial charge in [-0.1, -0.05) is 12.1 Å². The molecule has 0 bridgehead atoms. The number of hydrogen-bond acceptors (Lipinski definition) is 5. The molecule has 0 saturated heterocycles. The molecule has 128 valence electrons. The molecule has 0 radical (unpaired) electrons. The largest absolute Gasteiger partial charge is 0.292 e. The zero-order valence-corrected chi connectivity index (χ0v) is 14.1. The standard InChI is InChI=1S/C17H17N5O3/c1-10-7-11(2)19-17(18-10)21-16(23)15(12(3)20-21)9-13-5-4-6-14(8-13)22(24)25/h4-8,20H,9H2,1-3H3. The van der Waals surface area contributed by atoms with Crippen molar-refractivity contribution in [2.24, 2.45) is 0 Å². The summed E-state index contributed by atoms with van der Waals surface area (Å²) in [5, 5.41) is 13.9. The Hall–Kier alpha value is -3.29. The molecule has 0 atom stereocenters. The van der Waals surface area contributed by atoms with E-state index in [2.05, 4.69) is 15.1 Å². The topological polar surface area (TPSA) is 107 Å². The van der Waals surface area contributed by atoms with Gasteiger partial charge in [0.05, 0.1) is 4.92 Å². The van der Waals surface area contributed by atoms with E-state index in [9.17, 15) is 14.9 Å². The third-order valence-electron chi connectivity index (χ3n) is 3.87. The number of benzene rings is 1. The number of non-ortho nitro benzene ring substituents is 1. The molecule has 0 spiro atoms. The highest BCUT2D eigenvalue weighted by Crippen LogP contribution is 2.16. The van der Waals surface area contributed by atoms with Gasteiger partial charge in [-0.3, -0.25) is 20.0 Å². The first kappa shape index (κ1) is 16.6. The molecule has 0 aliphatic carbocycles. The number of nitrogens with zero attached hydrogens (tertiary/aromatic N) is 4. The summed E-state index contributed by atoms with van der Waals surface area (Å²) in [7, 11) is 0. The van der Waals surface area contributed by atoms with Crippen molar-refractivity contribution in [1.29, 1.82) is 0 Å². The minimum atomic E-state index is -0.449. The first-order valence-electron chi connectivity index (χ1n) is 7.71. The van der Waals surface area contributed by atoms with Crippen molar-refractivity contribution in [1.82, 2.24) is 19.7 Å². The Labute approximate surface area is 143 Å². The fourth-order valence-electron chi connectivity index (χ4n) is 2.72. The predicted molar refractivity (Wildman–Crippen MR) is 92.1 cm³/mol. The number of nitro groups is 1. The van der Waals surface area contributed by atoms with E-state index in [-0.39, 0.29) is 17.2 Å². The van der Waals surface area contributed by atoms with Crippen molar-refractivity contribution in [3.05, 3.63) is 79.0 Å². The zero-order chi connectivity index (χ0) is 18.1. The minimum absolute atomic E-state index is 0.00339. The van der Waals surface area contributed by atoms with Gasteiger partial charge in [0.1, 0.15) is 0 Å². The van der Waals surface area contributed by atoms with E-state index in [1.165, 1.54) is 16.8 Å². The highest BCUT2D eigenvalue weighted by Gasteiger charge is 2.16. The van der Waals surface area contributed by atoms with Crippen LogP contribution in [-0.2, 0) is 6.42 Å². The van der Waals surface area contributed by atoms with Crippen molar-refractivity contribution in [3.63, 3.8) is 0 Å². The molecule has 3 rings (SSSR count). The lowest BCUT2D eigenvalue weighted by atomic mass is 10.1. The summed E-state index contributed by atoms with van der Waals surface area (Å²) in [6.07, 6.45) is 0.292. The number of aromatic amines is 1. The fraction of sp³-hybridized carbons (Fsp3) is 0.235.